The van der Waals surface area contributed by atoms with Crippen LogP contribution in [0.4, 0.5) is 27.6 Å². The minimum absolute atomic E-state index is 0.00933. The molecule has 0 aliphatic heterocycles. The smallest absolute Gasteiger partial charge is 0.313 e. The SMILES string of the molecule is O=C(O)C[C@H](NC(=O)C(=O)Nc1ccc(F)cc1)C(=O)COc1c(F)c(F)cc(F)c1F. The molecule has 0 aliphatic carbocycles. The van der Waals surface area contributed by atoms with E-state index in [-0.39, 0.29) is 11.8 Å². The molecule has 0 heterocycles. The third-order valence-electron chi connectivity index (χ3n) is 3.81. The highest BCUT2D eigenvalue weighted by Gasteiger charge is 2.28. The maximum Gasteiger partial charge on any atom is 0.313 e. The molecular weight excluding hydrogens is 447 g/mol. The van der Waals surface area contributed by atoms with Crippen LogP contribution >= 0.6 is 0 Å². The van der Waals surface area contributed by atoms with E-state index >= 15 is 0 Å². The van der Waals surface area contributed by atoms with Gasteiger partial charge in [-0.15, -0.1) is 0 Å². The summed E-state index contributed by atoms with van der Waals surface area (Å²) in [5, 5.41) is 12.8. The van der Waals surface area contributed by atoms with Gasteiger partial charge < -0.3 is 20.5 Å². The van der Waals surface area contributed by atoms with Crippen LogP contribution in [0.2, 0.25) is 0 Å². The van der Waals surface area contributed by atoms with Crippen LogP contribution in [0, 0.1) is 29.1 Å². The molecule has 0 radical (unpaired) electrons. The molecule has 0 spiro atoms. The molecule has 3 N–H and O–H groups in total. The van der Waals surface area contributed by atoms with E-state index in [1.54, 1.807) is 5.32 Å². The van der Waals surface area contributed by atoms with Crippen LogP contribution in [-0.2, 0) is 19.2 Å². The molecule has 0 unspecified atom stereocenters. The molecule has 2 amide bonds. The molecule has 32 heavy (non-hydrogen) atoms. The zero-order valence-corrected chi connectivity index (χ0v) is 15.8. The van der Waals surface area contributed by atoms with E-state index in [0.29, 0.717) is 0 Å². The molecule has 0 saturated carbocycles. The second-order valence-corrected chi connectivity index (χ2v) is 6.14. The van der Waals surface area contributed by atoms with E-state index in [1.807, 2.05) is 0 Å². The molecule has 0 bridgehead atoms. The van der Waals surface area contributed by atoms with Crippen molar-refractivity contribution in [2.24, 2.45) is 0 Å². The van der Waals surface area contributed by atoms with E-state index in [4.69, 9.17) is 5.11 Å². The normalized spacial score (nSPS) is 11.4. The highest BCUT2D eigenvalue weighted by Crippen LogP contribution is 2.26. The Morgan fingerprint density at radius 3 is 2.00 bits per heavy atom. The lowest BCUT2D eigenvalue weighted by Gasteiger charge is -2.16. The van der Waals surface area contributed by atoms with Gasteiger partial charge in [0.2, 0.25) is 11.6 Å². The quantitative estimate of drug-likeness (QED) is 0.315. The zero-order chi connectivity index (χ0) is 24.0. The van der Waals surface area contributed by atoms with Gasteiger partial charge in [-0.25, -0.2) is 13.2 Å². The average molecular weight is 460 g/mol. The van der Waals surface area contributed by atoms with Gasteiger partial charge in [-0.2, -0.15) is 8.78 Å². The maximum absolute atomic E-state index is 13.6. The number of anilines is 1. The Morgan fingerprint density at radius 2 is 1.47 bits per heavy atom. The Labute approximate surface area is 176 Å². The monoisotopic (exact) mass is 460 g/mol. The van der Waals surface area contributed by atoms with E-state index < -0.39 is 77.5 Å². The second-order valence-electron chi connectivity index (χ2n) is 6.14. The van der Waals surface area contributed by atoms with Crippen molar-refractivity contribution in [3.63, 3.8) is 0 Å². The molecule has 8 nitrogen and oxygen atoms in total. The van der Waals surface area contributed by atoms with Gasteiger partial charge in [0.05, 0.1) is 6.42 Å². The van der Waals surface area contributed by atoms with E-state index in [2.05, 4.69) is 10.1 Å². The summed E-state index contributed by atoms with van der Waals surface area (Å²) in [6, 6.07) is 2.21. The van der Waals surface area contributed by atoms with E-state index in [1.165, 1.54) is 0 Å². The van der Waals surface area contributed by atoms with Crippen molar-refractivity contribution < 1.29 is 51.0 Å². The van der Waals surface area contributed by atoms with Crippen LogP contribution in [0.15, 0.2) is 30.3 Å². The summed E-state index contributed by atoms with van der Waals surface area (Å²) in [7, 11) is 0. The van der Waals surface area contributed by atoms with Gasteiger partial charge in [0.1, 0.15) is 18.5 Å². The first-order valence-electron chi connectivity index (χ1n) is 8.57. The predicted octanol–water partition coefficient (Wildman–Crippen LogP) is 1.93. The van der Waals surface area contributed by atoms with E-state index in [9.17, 15) is 41.1 Å². The Hall–Kier alpha value is -4.03. The summed E-state index contributed by atoms with van der Waals surface area (Å²) in [5.74, 6) is -15.4. The van der Waals surface area contributed by atoms with Crippen molar-refractivity contribution in [3.05, 3.63) is 59.4 Å². The molecule has 13 heteroatoms. The Balaban J connectivity index is 2.08. The number of halogens is 5. The third kappa shape index (κ3) is 6.23. The standard InChI is InChI=1S/C19H13F5N2O6/c20-8-1-3-9(4-2-8)25-18(30)19(31)26-12(6-14(28)29)13(27)7-32-17-15(23)10(21)5-11(22)16(17)24/h1-5,12H,6-7H2,(H,25,30)(H,26,31)(H,28,29)/t12-/m0/s1. The molecule has 0 saturated heterocycles. The summed E-state index contributed by atoms with van der Waals surface area (Å²) >= 11 is 0. The van der Waals surface area contributed by atoms with Crippen molar-refractivity contribution in [3.8, 4) is 5.75 Å². The number of hydrogen-bond donors (Lipinski definition) is 3. The summed E-state index contributed by atoms with van der Waals surface area (Å²) in [6.07, 6.45) is -1.06. The van der Waals surface area contributed by atoms with Crippen LogP contribution in [0.1, 0.15) is 6.42 Å². The molecule has 2 aromatic carbocycles. The summed E-state index contributed by atoms with van der Waals surface area (Å²) in [4.78, 5) is 47.0. The van der Waals surface area contributed by atoms with Crippen LogP contribution < -0.4 is 15.4 Å². The van der Waals surface area contributed by atoms with Gasteiger partial charge in [0, 0.05) is 11.8 Å². The molecule has 2 aromatic rings. The van der Waals surface area contributed by atoms with Crippen molar-refractivity contribution >= 4 is 29.3 Å². The van der Waals surface area contributed by atoms with Gasteiger partial charge in [-0.05, 0) is 24.3 Å². The Bertz CT molecular complexity index is 1030. The average Bonchev–Trinajstić information content (AvgIpc) is 2.72. The molecule has 0 fully saturated rings. The van der Waals surface area contributed by atoms with Crippen molar-refractivity contribution in [2.45, 2.75) is 12.5 Å². The van der Waals surface area contributed by atoms with Gasteiger partial charge >= 0.3 is 17.8 Å². The topological polar surface area (TPSA) is 122 Å². The van der Waals surface area contributed by atoms with Crippen LogP contribution in [0.3, 0.4) is 0 Å². The Morgan fingerprint density at radius 1 is 0.906 bits per heavy atom. The summed E-state index contributed by atoms with van der Waals surface area (Å²) < 4.78 is 70.9. The van der Waals surface area contributed by atoms with Gasteiger partial charge in [0.15, 0.2) is 23.2 Å². The molecule has 2 rings (SSSR count). The first-order chi connectivity index (χ1) is 15.0. The number of hydrogen-bond acceptors (Lipinski definition) is 5. The van der Waals surface area contributed by atoms with Crippen LogP contribution in [0.25, 0.3) is 0 Å². The number of benzene rings is 2. The number of aliphatic carboxylic acids is 1. The van der Waals surface area contributed by atoms with Gasteiger partial charge in [-0.1, -0.05) is 0 Å². The van der Waals surface area contributed by atoms with Gasteiger partial charge in [-0.3, -0.25) is 19.2 Å². The number of ether oxygens (including phenoxy) is 1. The number of carbonyl (C=O) groups excluding carboxylic acids is 3. The fourth-order valence-electron chi connectivity index (χ4n) is 2.29. The van der Waals surface area contributed by atoms with Crippen molar-refractivity contribution in [1.82, 2.24) is 5.32 Å². The fraction of sp³-hybridized carbons (Fsp3) is 0.158. The minimum atomic E-state index is -1.94. The third-order valence-corrected chi connectivity index (χ3v) is 3.81. The zero-order valence-electron chi connectivity index (χ0n) is 15.8. The van der Waals surface area contributed by atoms with Crippen LogP contribution in [0.5, 0.6) is 5.75 Å². The van der Waals surface area contributed by atoms with Crippen LogP contribution in [-0.4, -0.2) is 41.3 Å². The highest BCUT2D eigenvalue weighted by molar-refractivity contribution is 6.40. The van der Waals surface area contributed by atoms with Crippen molar-refractivity contribution in [1.29, 1.82) is 0 Å². The predicted molar refractivity (Wildman–Crippen MR) is 96.0 cm³/mol. The number of Topliss-reactive ketones (excluding diaryl/α,β-unsaturated/α-hetero) is 1. The number of ketones is 1. The number of carboxylic acid groups (broad SMARTS) is 1. The number of carbonyl (C=O) groups is 4. The first kappa shape index (κ1) is 24.2. The summed E-state index contributed by atoms with van der Waals surface area (Å²) in [6.45, 7) is -1.30. The molecular formula is C19H13F5N2O6. The number of nitrogens with one attached hydrogen (secondary N) is 2. The summed E-state index contributed by atoms with van der Waals surface area (Å²) in [5.41, 5.74) is 0.00933. The minimum Gasteiger partial charge on any atom is -0.481 e. The van der Waals surface area contributed by atoms with Gasteiger partial charge in [0.25, 0.3) is 0 Å². The molecule has 170 valence electrons. The number of rotatable bonds is 8. The lowest BCUT2D eigenvalue weighted by Crippen LogP contribution is -2.48. The Kier molecular flexibility index (Phi) is 7.82. The molecule has 0 aromatic heterocycles. The van der Waals surface area contributed by atoms with E-state index in [0.717, 1.165) is 24.3 Å². The number of amides is 2. The number of carboxylic acids is 1. The maximum atomic E-state index is 13.6. The largest absolute Gasteiger partial charge is 0.481 e. The molecule has 0 aliphatic rings. The fourth-order valence-corrected chi connectivity index (χ4v) is 2.29. The lowest BCUT2D eigenvalue weighted by molar-refractivity contribution is -0.142. The van der Waals surface area contributed by atoms with Crippen molar-refractivity contribution in [2.75, 3.05) is 11.9 Å². The highest BCUT2D eigenvalue weighted by atomic mass is 19.2. The second kappa shape index (κ2) is 10.3. The lowest BCUT2D eigenvalue weighted by atomic mass is 10.1. The molecule has 1 atom stereocenters. The first-order valence-corrected chi connectivity index (χ1v) is 8.57.